The van der Waals surface area contributed by atoms with E-state index in [1.54, 1.807) is 30.3 Å². The van der Waals surface area contributed by atoms with Gasteiger partial charge in [-0.25, -0.2) is 12.8 Å². The maximum atomic E-state index is 14.6. The molecule has 0 N–H and O–H groups in total. The van der Waals surface area contributed by atoms with Gasteiger partial charge in [-0.05, 0) is 54.9 Å². The molecule has 0 radical (unpaired) electrons. The molecule has 4 rings (SSSR count). The van der Waals surface area contributed by atoms with Gasteiger partial charge in [0.25, 0.3) is 0 Å². The van der Waals surface area contributed by atoms with Crippen LogP contribution in [0, 0.1) is 5.82 Å². The van der Waals surface area contributed by atoms with Crippen molar-refractivity contribution < 1.29 is 22.0 Å². The first-order chi connectivity index (χ1) is 14.2. The minimum absolute atomic E-state index is 0.0298. The second-order valence-electron chi connectivity index (χ2n) is 7.92. The lowest BCUT2D eigenvalue weighted by atomic mass is 9.85. The summed E-state index contributed by atoms with van der Waals surface area (Å²) in [7, 11) is -3.83. The van der Waals surface area contributed by atoms with Crippen molar-refractivity contribution in [3.05, 3.63) is 65.1 Å². The van der Waals surface area contributed by atoms with Crippen molar-refractivity contribution >= 4 is 26.8 Å². The molecular formula is C23H23F2NO3S. The number of aryl methyl sites for hydroxylation is 1. The summed E-state index contributed by atoms with van der Waals surface area (Å²) >= 11 is 0. The zero-order valence-corrected chi connectivity index (χ0v) is 17.7. The van der Waals surface area contributed by atoms with Crippen molar-refractivity contribution in [2.75, 3.05) is 6.26 Å². The molecule has 0 fully saturated rings. The van der Waals surface area contributed by atoms with Gasteiger partial charge in [-0.15, -0.1) is 0 Å². The Morgan fingerprint density at radius 1 is 1.23 bits per heavy atom. The Kier molecular flexibility index (Phi) is 5.26. The molecule has 1 aliphatic carbocycles. The minimum Gasteiger partial charge on any atom is -0.325 e. The van der Waals surface area contributed by atoms with Crippen LogP contribution in [0.3, 0.4) is 0 Å². The highest BCUT2D eigenvalue weighted by atomic mass is 32.2. The fourth-order valence-electron chi connectivity index (χ4n) is 4.79. The molecule has 4 nitrogen and oxygen atoms in total. The molecule has 1 aromatic heterocycles. The third kappa shape index (κ3) is 3.35. The van der Waals surface area contributed by atoms with E-state index in [2.05, 4.69) is 0 Å². The maximum Gasteiger partial charge on any atom is 0.328 e. The SMILES string of the molecule is CC[C@H]1CCCc2c1n([C@@H](C(=O)F)c1ccccc1)c1c(S(C)(=O)=O)cc(F)cc21. The number of hydrogen-bond acceptors (Lipinski definition) is 3. The van der Waals surface area contributed by atoms with Crippen molar-refractivity contribution in [3.63, 3.8) is 0 Å². The van der Waals surface area contributed by atoms with Crippen LogP contribution < -0.4 is 0 Å². The van der Waals surface area contributed by atoms with E-state index in [0.29, 0.717) is 17.4 Å². The molecule has 0 aliphatic heterocycles. The van der Waals surface area contributed by atoms with E-state index < -0.39 is 27.7 Å². The van der Waals surface area contributed by atoms with Gasteiger partial charge in [0.1, 0.15) is 11.9 Å². The molecule has 0 saturated carbocycles. The Balaban J connectivity index is 2.21. The largest absolute Gasteiger partial charge is 0.328 e. The number of carbonyl (C=O) groups excluding carboxylic acids is 1. The number of rotatable bonds is 5. The number of benzene rings is 2. The predicted molar refractivity (Wildman–Crippen MR) is 112 cm³/mol. The summed E-state index contributed by atoms with van der Waals surface area (Å²) < 4.78 is 55.7. The van der Waals surface area contributed by atoms with Crippen LogP contribution in [0.4, 0.5) is 8.78 Å². The van der Waals surface area contributed by atoms with Crippen LogP contribution in [-0.2, 0) is 21.1 Å². The van der Waals surface area contributed by atoms with Gasteiger partial charge >= 0.3 is 6.04 Å². The number of halogens is 2. The van der Waals surface area contributed by atoms with Gasteiger partial charge in [-0.1, -0.05) is 37.3 Å². The topological polar surface area (TPSA) is 56.1 Å². The van der Waals surface area contributed by atoms with E-state index in [9.17, 15) is 22.0 Å². The minimum atomic E-state index is -3.83. The Labute approximate surface area is 174 Å². The number of nitrogens with zero attached hydrogens (tertiary/aromatic N) is 1. The summed E-state index contributed by atoms with van der Waals surface area (Å²) in [5, 5.41) is 0.450. The van der Waals surface area contributed by atoms with E-state index >= 15 is 0 Å². The Bertz CT molecular complexity index is 1230. The molecule has 0 amide bonds. The summed E-state index contributed by atoms with van der Waals surface area (Å²) in [6.07, 6.45) is 4.10. The van der Waals surface area contributed by atoms with Crippen LogP contribution >= 0.6 is 0 Å². The van der Waals surface area contributed by atoms with Crippen molar-refractivity contribution in [1.29, 1.82) is 0 Å². The molecule has 1 aliphatic rings. The average Bonchev–Trinajstić information content (AvgIpc) is 3.01. The van der Waals surface area contributed by atoms with E-state index in [1.807, 2.05) is 6.92 Å². The molecule has 0 bridgehead atoms. The summed E-state index contributed by atoms with van der Waals surface area (Å²) in [4.78, 5) is 12.1. The lowest BCUT2D eigenvalue weighted by Gasteiger charge is -2.27. The first-order valence-electron chi connectivity index (χ1n) is 10.0. The number of fused-ring (bicyclic) bond motifs is 3. The summed E-state index contributed by atoms with van der Waals surface area (Å²) in [5.41, 5.74) is 2.20. The normalized spacial score (nSPS) is 17.7. The number of carbonyl (C=O) groups is 1. The lowest BCUT2D eigenvalue weighted by molar-refractivity contribution is -0.131. The molecular weight excluding hydrogens is 408 g/mol. The van der Waals surface area contributed by atoms with E-state index in [0.717, 1.165) is 42.8 Å². The number of hydrogen-bond donors (Lipinski definition) is 0. The third-order valence-corrected chi connectivity index (χ3v) is 7.13. The first kappa shape index (κ1) is 20.7. The zero-order valence-electron chi connectivity index (χ0n) is 16.9. The summed E-state index contributed by atoms with van der Waals surface area (Å²) in [6, 6.07) is 7.84. The van der Waals surface area contributed by atoms with E-state index in [-0.39, 0.29) is 16.3 Å². The standard InChI is InChI=1S/C23H23F2NO3S/c1-3-14-10-7-11-17-18-12-16(24)13-19(30(2,28)29)22(18)26(20(14)17)21(23(25)27)15-8-5-4-6-9-15/h4-6,8-9,12-14,21H,3,7,10-11H2,1-2H3/t14-,21+/m0/s1. The van der Waals surface area contributed by atoms with Crippen LogP contribution in [0.25, 0.3) is 10.9 Å². The molecule has 2 atom stereocenters. The smallest absolute Gasteiger partial charge is 0.325 e. The molecule has 0 spiro atoms. The average molecular weight is 432 g/mol. The molecule has 2 aromatic carbocycles. The van der Waals surface area contributed by atoms with Gasteiger partial charge in [0.2, 0.25) is 0 Å². The third-order valence-electron chi connectivity index (χ3n) is 6.02. The van der Waals surface area contributed by atoms with Gasteiger partial charge < -0.3 is 4.57 Å². The molecule has 7 heteroatoms. The molecule has 1 heterocycles. The lowest BCUT2D eigenvalue weighted by Crippen LogP contribution is -2.23. The van der Waals surface area contributed by atoms with Crippen LogP contribution in [0.2, 0.25) is 0 Å². The quantitative estimate of drug-likeness (QED) is 0.528. The van der Waals surface area contributed by atoms with E-state index in [1.165, 1.54) is 10.6 Å². The van der Waals surface area contributed by atoms with Gasteiger partial charge in [0.15, 0.2) is 9.84 Å². The van der Waals surface area contributed by atoms with Crippen LogP contribution in [0.5, 0.6) is 0 Å². The first-order valence-corrected chi connectivity index (χ1v) is 11.9. The monoisotopic (exact) mass is 431 g/mol. The van der Waals surface area contributed by atoms with Gasteiger partial charge in [0, 0.05) is 17.3 Å². The Hall–Kier alpha value is -2.54. The second-order valence-corrected chi connectivity index (χ2v) is 9.90. The maximum absolute atomic E-state index is 14.6. The molecule has 158 valence electrons. The molecule has 0 unspecified atom stereocenters. The Morgan fingerprint density at radius 3 is 2.53 bits per heavy atom. The molecule has 3 aromatic rings. The number of aromatic nitrogens is 1. The van der Waals surface area contributed by atoms with Gasteiger partial charge in [-0.2, -0.15) is 4.39 Å². The highest BCUT2D eigenvalue weighted by Crippen LogP contribution is 2.45. The molecule has 0 saturated heterocycles. The van der Waals surface area contributed by atoms with Crippen molar-refractivity contribution in [2.24, 2.45) is 0 Å². The molecule has 30 heavy (non-hydrogen) atoms. The van der Waals surface area contributed by atoms with Crippen LogP contribution in [0.15, 0.2) is 47.4 Å². The van der Waals surface area contributed by atoms with Crippen LogP contribution in [-0.4, -0.2) is 25.3 Å². The summed E-state index contributed by atoms with van der Waals surface area (Å²) in [6.45, 7) is 2.01. The van der Waals surface area contributed by atoms with Crippen molar-refractivity contribution in [3.8, 4) is 0 Å². The summed E-state index contributed by atoms with van der Waals surface area (Å²) in [5.74, 6) is -0.633. The van der Waals surface area contributed by atoms with Gasteiger partial charge in [-0.3, -0.25) is 4.79 Å². The number of sulfone groups is 1. The second kappa shape index (κ2) is 7.61. The zero-order chi connectivity index (χ0) is 21.6. The predicted octanol–water partition coefficient (Wildman–Crippen LogP) is 5.10. The highest BCUT2D eigenvalue weighted by Gasteiger charge is 2.35. The van der Waals surface area contributed by atoms with Gasteiger partial charge in [0.05, 0.1) is 10.4 Å². The fourth-order valence-corrected chi connectivity index (χ4v) is 5.68. The van der Waals surface area contributed by atoms with Crippen molar-refractivity contribution in [1.82, 2.24) is 4.57 Å². The van der Waals surface area contributed by atoms with Crippen LogP contribution in [0.1, 0.15) is 55.0 Å². The van der Waals surface area contributed by atoms with E-state index in [4.69, 9.17) is 0 Å². The highest BCUT2D eigenvalue weighted by molar-refractivity contribution is 7.91. The Morgan fingerprint density at radius 2 is 1.93 bits per heavy atom. The van der Waals surface area contributed by atoms with Crippen molar-refractivity contribution in [2.45, 2.75) is 49.5 Å². The fraction of sp³-hybridized carbons (Fsp3) is 0.348.